The minimum Gasteiger partial charge on any atom is -0.454 e. The largest absolute Gasteiger partial charge is 0.454 e. The third-order valence-corrected chi connectivity index (χ3v) is 3.56. The molecule has 0 unspecified atom stereocenters. The van der Waals surface area contributed by atoms with E-state index in [1.54, 1.807) is 6.07 Å². The predicted molar refractivity (Wildman–Crippen MR) is 112 cm³/mol. The van der Waals surface area contributed by atoms with Crippen LogP contribution in [0.15, 0.2) is 39.7 Å². The van der Waals surface area contributed by atoms with Crippen LogP contribution >= 0.6 is 35.6 Å². The Bertz CT molecular complexity index is 817. The Hall–Kier alpha value is -2.08. The fourth-order valence-electron chi connectivity index (χ4n) is 2.16. The Kier molecular flexibility index (Phi) is 10.0. The van der Waals surface area contributed by atoms with Crippen molar-refractivity contribution in [3.8, 4) is 5.75 Å². The van der Waals surface area contributed by atoms with Crippen LogP contribution in [0, 0.1) is 0 Å². The van der Waals surface area contributed by atoms with Gasteiger partial charge >= 0.3 is 6.61 Å². The molecule has 11 heteroatoms. The molecule has 1 heterocycles. The quantitative estimate of drug-likeness (QED) is 0.277. The standard InChI is InChI=1S/C17H19ClF2N4O3.HI/c1-2-22-17(24-9-12-4-6-14(26-12)15(21)25)23-8-10-7-11(18)3-5-13(10)27-16(19)20;/h3-7,16H,2,8-9H2,1H3,(H2,21,25)(H2,22,23,24);1H. The molecule has 2 rings (SSSR count). The molecule has 0 aliphatic heterocycles. The molecule has 4 N–H and O–H groups in total. The lowest BCUT2D eigenvalue weighted by Crippen LogP contribution is -2.36. The molecule has 154 valence electrons. The number of carbonyl (C=O) groups is 1. The molecule has 0 bridgehead atoms. The van der Waals surface area contributed by atoms with Crippen molar-refractivity contribution in [3.05, 3.63) is 52.4 Å². The number of amides is 1. The number of primary amides is 1. The zero-order valence-electron chi connectivity index (χ0n) is 14.9. The summed E-state index contributed by atoms with van der Waals surface area (Å²) in [5.74, 6) is 0.304. The molecule has 0 atom stereocenters. The Morgan fingerprint density at radius 2 is 2.07 bits per heavy atom. The fraction of sp³-hybridized carbons (Fsp3) is 0.294. The number of carbonyl (C=O) groups excluding carboxylic acids is 1. The van der Waals surface area contributed by atoms with Gasteiger partial charge in [-0.25, -0.2) is 4.99 Å². The number of aliphatic imine (C=N–C) groups is 1. The van der Waals surface area contributed by atoms with Crippen molar-refractivity contribution in [2.45, 2.75) is 26.6 Å². The van der Waals surface area contributed by atoms with E-state index in [9.17, 15) is 13.6 Å². The highest BCUT2D eigenvalue weighted by Crippen LogP contribution is 2.25. The number of hydrogen-bond donors (Lipinski definition) is 3. The highest BCUT2D eigenvalue weighted by atomic mass is 127. The van der Waals surface area contributed by atoms with Crippen LogP contribution < -0.4 is 21.1 Å². The number of nitrogens with one attached hydrogen (secondary N) is 2. The Morgan fingerprint density at radius 3 is 2.68 bits per heavy atom. The summed E-state index contributed by atoms with van der Waals surface area (Å²) >= 11 is 5.93. The minimum atomic E-state index is -2.95. The SMILES string of the molecule is CCNC(=NCc1cc(Cl)ccc1OC(F)F)NCc1ccc(C(N)=O)o1.I. The van der Waals surface area contributed by atoms with Crippen LogP contribution in [0.25, 0.3) is 0 Å². The second-order valence-corrected chi connectivity index (χ2v) is 5.75. The highest BCUT2D eigenvalue weighted by molar-refractivity contribution is 14.0. The maximum Gasteiger partial charge on any atom is 0.387 e. The number of halogens is 4. The van der Waals surface area contributed by atoms with Gasteiger partial charge in [0.15, 0.2) is 11.7 Å². The number of benzene rings is 1. The lowest BCUT2D eigenvalue weighted by Gasteiger charge is -2.12. The smallest absolute Gasteiger partial charge is 0.387 e. The van der Waals surface area contributed by atoms with Crippen LogP contribution in [-0.2, 0) is 13.1 Å². The fourth-order valence-corrected chi connectivity index (χ4v) is 2.36. The molecule has 0 radical (unpaired) electrons. The first-order valence-corrected chi connectivity index (χ1v) is 8.40. The van der Waals surface area contributed by atoms with Crippen LogP contribution in [0.3, 0.4) is 0 Å². The van der Waals surface area contributed by atoms with Crippen LogP contribution in [0.5, 0.6) is 5.75 Å². The summed E-state index contributed by atoms with van der Waals surface area (Å²) in [4.78, 5) is 15.4. The normalized spacial score (nSPS) is 11.1. The number of hydrogen-bond acceptors (Lipinski definition) is 4. The zero-order chi connectivity index (χ0) is 19.8. The van der Waals surface area contributed by atoms with E-state index in [-0.39, 0.29) is 48.6 Å². The summed E-state index contributed by atoms with van der Waals surface area (Å²) in [7, 11) is 0. The van der Waals surface area contributed by atoms with Gasteiger partial charge in [-0.3, -0.25) is 4.79 Å². The molecule has 0 aliphatic rings. The molecule has 1 aromatic carbocycles. The summed E-state index contributed by atoms with van der Waals surface area (Å²) in [6, 6.07) is 7.43. The van der Waals surface area contributed by atoms with E-state index in [1.807, 2.05) is 6.92 Å². The van der Waals surface area contributed by atoms with Crippen molar-refractivity contribution < 1.29 is 22.7 Å². The van der Waals surface area contributed by atoms with Gasteiger partial charge < -0.3 is 25.5 Å². The molecule has 0 saturated heterocycles. The van der Waals surface area contributed by atoms with Crippen molar-refractivity contribution in [2.75, 3.05) is 6.54 Å². The van der Waals surface area contributed by atoms with Gasteiger partial charge in [-0.1, -0.05) is 11.6 Å². The maximum atomic E-state index is 12.5. The molecule has 0 saturated carbocycles. The summed E-state index contributed by atoms with van der Waals surface area (Å²) in [5.41, 5.74) is 5.55. The van der Waals surface area contributed by atoms with Gasteiger partial charge in [0.2, 0.25) is 0 Å². The van der Waals surface area contributed by atoms with Crippen LogP contribution in [0.1, 0.15) is 28.8 Å². The second kappa shape index (κ2) is 11.7. The number of nitrogens with zero attached hydrogens (tertiary/aromatic N) is 1. The van der Waals surface area contributed by atoms with E-state index >= 15 is 0 Å². The van der Waals surface area contributed by atoms with Gasteiger partial charge in [-0.2, -0.15) is 8.78 Å². The summed E-state index contributed by atoms with van der Waals surface area (Å²) in [6.07, 6.45) is 0. The number of furan rings is 1. The van der Waals surface area contributed by atoms with Crippen molar-refractivity contribution in [1.29, 1.82) is 0 Å². The number of nitrogens with two attached hydrogens (primary N) is 1. The van der Waals surface area contributed by atoms with Crippen molar-refractivity contribution in [1.82, 2.24) is 10.6 Å². The van der Waals surface area contributed by atoms with Crippen LogP contribution in [0.2, 0.25) is 5.02 Å². The maximum absolute atomic E-state index is 12.5. The molecular weight excluding hydrogens is 509 g/mol. The van der Waals surface area contributed by atoms with E-state index in [0.29, 0.717) is 28.9 Å². The van der Waals surface area contributed by atoms with E-state index in [4.69, 9.17) is 21.8 Å². The molecule has 0 fully saturated rings. The van der Waals surface area contributed by atoms with Crippen LogP contribution in [-0.4, -0.2) is 25.0 Å². The van der Waals surface area contributed by atoms with Crippen molar-refractivity contribution in [3.63, 3.8) is 0 Å². The van der Waals surface area contributed by atoms with Crippen molar-refractivity contribution >= 4 is 47.4 Å². The first-order chi connectivity index (χ1) is 12.9. The number of guanidine groups is 1. The van der Waals surface area contributed by atoms with Gasteiger partial charge in [0, 0.05) is 17.1 Å². The third-order valence-electron chi connectivity index (χ3n) is 3.32. The molecule has 7 nitrogen and oxygen atoms in total. The molecule has 2 aromatic rings. The number of alkyl halides is 2. The van der Waals surface area contributed by atoms with Crippen molar-refractivity contribution in [2.24, 2.45) is 10.7 Å². The van der Waals surface area contributed by atoms with E-state index in [0.717, 1.165) is 0 Å². The topological polar surface area (TPSA) is 102 Å². The lowest BCUT2D eigenvalue weighted by molar-refractivity contribution is -0.0504. The molecule has 28 heavy (non-hydrogen) atoms. The number of ether oxygens (including phenoxy) is 1. The van der Waals surface area contributed by atoms with E-state index in [2.05, 4.69) is 20.4 Å². The molecule has 0 aliphatic carbocycles. The average molecular weight is 529 g/mol. The Balaban J connectivity index is 0.00000392. The molecular formula is C17H20ClF2IN4O3. The molecule has 0 spiro atoms. The highest BCUT2D eigenvalue weighted by Gasteiger charge is 2.11. The van der Waals surface area contributed by atoms with Gasteiger partial charge in [0.1, 0.15) is 11.5 Å². The molecule has 1 amide bonds. The van der Waals surface area contributed by atoms with E-state index < -0.39 is 12.5 Å². The average Bonchev–Trinajstić information content (AvgIpc) is 3.08. The summed E-state index contributed by atoms with van der Waals surface area (Å²) in [6.45, 7) is -0.192. The molecule has 1 aromatic heterocycles. The summed E-state index contributed by atoms with van der Waals surface area (Å²) < 4.78 is 34.8. The number of rotatable bonds is 8. The monoisotopic (exact) mass is 528 g/mol. The second-order valence-electron chi connectivity index (χ2n) is 5.31. The first kappa shape index (κ1) is 24.0. The van der Waals surface area contributed by atoms with Crippen LogP contribution in [0.4, 0.5) is 8.78 Å². The van der Waals surface area contributed by atoms with Gasteiger partial charge in [-0.15, -0.1) is 24.0 Å². The first-order valence-electron chi connectivity index (χ1n) is 8.03. The van der Waals surface area contributed by atoms with Gasteiger partial charge in [0.05, 0.1) is 13.1 Å². The lowest BCUT2D eigenvalue weighted by atomic mass is 10.2. The minimum absolute atomic E-state index is 0. The third kappa shape index (κ3) is 7.50. The Labute approximate surface area is 182 Å². The predicted octanol–water partition coefficient (Wildman–Crippen LogP) is 3.51. The summed E-state index contributed by atoms with van der Waals surface area (Å²) in [5, 5.41) is 6.40. The Morgan fingerprint density at radius 1 is 1.32 bits per heavy atom. The van der Waals surface area contributed by atoms with Gasteiger partial charge in [-0.05, 0) is 37.3 Å². The van der Waals surface area contributed by atoms with Gasteiger partial charge in [0.25, 0.3) is 5.91 Å². The zero-order valence-corrected chi connectivity index (χ0v) is 18.0. The van der Waals surface area contributed by atoms with E-state index in [1.165, 1.54) is 24.3 Å².